The van der Waals surface area contributed by atoms with Gasteiger partial charge in [0.1, 0.15) is 0 Å². The lowest BCUT2D eigenvalue weighted by Gasteiger charge is -2.47. The Morgan fingerprint density at radius 3 is 2.38 bits per heavy atom. The number of rotatable bonds is 4. The minimum Gasteiger partial charge on any atom is -0.384 e. The lowest BCUT2D eigenvalue weighted by molar-refractivity contribution is -0.118. The first kappa shape index (κ1) is 18.5. The summed E-state index contributed by atoms with van der Waals surface area (Å²) in [7, 11) is 0.432. The molecule has 3 aliphatic rings. The van der Waals surface area contributed by atoms with E-state index in [0.29, 0.717) is 38.7 Å². The molecule has 0 radical (unpaired) electrons. The van der Waals surface area contributed by atoms with Gasteiger partial charge in [-0.05, 0) is 38.6 Å². The van der Waals surface area contributed by atoms with Crippen molar-refractivity contribution in [3.63, 3.8) is 0 Å². The average molecular weight is 362 g/mol. The molecule has 1 spiro atoms. The van der Waals surface area contributed by atoms with Gasteiger partial charge in [0.15, 0.2) is 0 Å². The van der Waals surface area contributed by atoms with Crippen molar-refractivity contribution < 1.29 is 17.9 Å². The second kappa shape index (κ2) is 7.55. The van der Waals surface area contributed by atoms with E-state index in [1.807, 2.05) is 0 Å². The molecule has 0 bridgehead atoms. The summed E-state index contributed by atoms with van der Waals surface area (Å²) in [5.41, 5.74) is -0.286. The van der Waals surface area contributed by atoms with E-state index in [2.05, 4.69) is 11.9 Å². The summed E-state index contributed by atoms with van der Waals surface area (Å²) in [4.78, 5) is 2.28. The Morgan fingerprint density at radius 1 is 1.08 bits per heavy atom. The number of morpholine rings is 1. The van der Waals surface area contributed by atoms with Crippen LogP contribution in [-0.4, -0.2) is 94.2 Å². The Bertz CT molecular complexity index is 511. The van der Waals surface area contributed by atoms with Gasteiger partial charge in [-0.3, -0.25) is 0 Å². The number of hydrogen-bond acceptors (Lipinski definition) is 5. The summed E-state index contributed by atoms with van der Waals surface area (Å²) in [6.45, 7) is 5.34. The van der Waals surface area contributed by atoms with Crippen molar-refractivity contribution in [2.24, 2.45) is 5.92 Å². The zero-order valence-electron chi connectivity index (χ0n) is 14.9. The fourth-order valence-corrected chi connectivity index (χ4v) is 5.74. The smallest absolute Gasteiger partial charge is 0.282 e. The molecule has 0 atom stereocenters. The second-order valence-electron chi connectivity index (χ2n) is 7.47. The van der Waals surface area contributed by atoms with Crippen molar-refractivity contribution in [2.45, 2.75) is 31.3 Å². The number of piperidine rings is 2. The average Bonchev–Trinajstić information content (AvgIpc) is 2.59. The minimum absolute atomic E-state index is 0.286. The molecular weight excluding hydrogens is 330 g/mol. The van der Waals surface area contributed by atoms with Gasteiger partial charge in [-0.15, -0.1) is 0 Å². The summed E-state index contributed by atoms with van der Waals surface area (Å²) in [6.07, 6.45) is 3.58. The quantitative estimate of drug-likeness (QED) is 0.725. The van der Waals surface area contributed by atoms with E-state index >= 15 is 0 Å². The highest BCUT2D eigenvalue weighted by Crippen LogP contribution is 2.32. The van der Waals surface area contributed by atoms with Gasteiger partial charge in [0, 0.05) is 53.0 Å². The van der Waals surface area contributed by atoms with Crippen molar-refractivity contribution in [3.05, 3.63) is 0 Å². The molecule has 0 unspecified atom stereocenters. The molecule has 8 heteroatoms. The van der Waals surface area contributed by atoms with Crippen LogP contribution in [0, 0.1) is 5.92 Å². The van der Waals surface area contributed by atoms with Crippen molar-refractivity contribution in [2.75, 3.05) is 66.6 Å². The standard InChI is InChI=1S/C16H31N3O4S/c1-17-9-5-16(6-10-17)14-19(11-12-23-16)24(20,21)18-7-3-15(4-8-18)13-22-2/h15H,3-14H2,1-2H3. The number of hydrogen-bond donors (Lipinski definition) is 0. The van der Waals surface area contributed by atoms with Crippen LogP contribution in [0.3, 0.4) is 0 Å². The predicted molar refractivity (Wildman–Crippen MR) is 92.1 cm³/mol. The zero-order valence-corrected chi connectivity index (χ0v) is 15.8. The SMILES string of the molecule is COCC1CCN(S(=O)(=O)N2CCOC3(CCN(C)CC3)C2)CC1. The third-order valence-electron chi connectivity index (χ3n) is 5.74. The molecule has 3 saturated heterocycles. The van der Waals surface area contributed by atoms with Crippen LogP contribution in [0.4, 0.5) is 0 Å². The lowest BCUT2D eigenvalue weighted by atomic mass is 9.90. The molecule has 24 heavy (non-hydrogen) atoms. The number of methoxy groups -OCH3 is 1. The summed E-state index contributed by atoms with van der Waals surface area (Å²) in [5, 5.41) is 0. The largest absolute Gasteiger partial charge is 0.384 e. The van der Waals surface area contributed by atoms with E-state index in [4.69, 9.17) is 9.47 Å². The first-order chi connectivity index (χ1) is 11.5. The molecule has 3 aliphatic heterocycles. The van der Waals surface area contributed by atoms with Crippen LogP contribution in [0.2, 0.25) is 0 Å². The van der Waals surface area contributed by atoms with Crippen LogP contribution in [0.15, 0.2) is 0 Å². The molecule has 3 heterocycles. The van der Waals surface area contributed by atoms with E-state index in [1.54, 1.807) is 15.7 Å². The maximum atomic E-state index is 13.1. The van der Waals surface area contributed by atoms with Crippen molar-refractivity contribution >= 4 is 10.2 Å². The Hall–Kier alpha value is -0.250. The third-order valence-corrected chi connectivity index (χ3v) is 7.72. The molecule has 0 aliphatic carbocycles. The van der Waals surface area contributed by atoms with Gasteiger partial charge >= 0.3 is 0 Å². The molecule has 0 amide bonds. The van der Waals surface area contributed by atoms with Gasteiger partial charge in [0.2, 0.25) is 0 Å². The van der Waals surface area contributed by atoms with E-state index in [9.17, 15) is 8.42 Å². The van der Waals surface area contributed by atoms with Gasteiger partial charge in [0.05, 0.1) is 12.2 Å². The van der Waals surface area contributed by atoms with Crippen LogP contribution in [0.25, 0.3) is 0 Å². The molecule has 0 aromatic carbocycles. The second-order valence-corrected chi connectivity index (χ2v) is 9.40. The Kier molecular flexibility index (Phi) is 5.83. The van der Waals surface area contributed by atoms with E-state index in [1.165, 1.54) is 0 Å². The highest BCUT2D eigenvalue weighted by molar-refractivity contribution is 7.86. The molecule has 140 valence electrons. The van der Waals surface area contributed by atoms with Crippen LogP contribution in [0.1, 0.15) is 25.7 Å². The predicted octanol–water partition coefficient (Wildman–Crippen LogP) is 0.386. The van der Waals surface area contributed by atoms with Crippen molar-refractivity contribution in [1.29, 1.82) is 0 Å². The van der Waals surface area contributed by atoms with Crippen molar-refractivity contribution in [1.82, 2.24) is 13.5 Å². The van der Waals surface area contributed by atoms with Gasteiger partial charge < -0.3 is 14.4 Å². The summed E-state index contributed by atoms with van der Waals surface area (Å²) in [5.74, 6) is 0.478. The highest BCUT2D eigenvalue weighted by atomic mass is 32.2. The molecule has 3 fully saturated rings. The highest BCUT2D eigenvalue weighted by Gasteiger charge is 2.44. The first-order valence-corrected chi connectivity index (χ1v) is 10.4. The molecule has 0 aromatic rings. The van der Waals surface area contributed by atoms with E-state index in [0.717, 1.165) is 45.4 Å². The fraction of sp³-hybridized carbons (Fsp3) is 1.00. The molecule has 0 N–H and O–H groups in total. The van der Waals surface area contributed by atoms with Gasteiger partial charge in [0.25, 0.3) is 10.2 Å². The van der Waals surface area contributed by atoms with Crippen LogP contribution >= 0.6 is 0 Å². The van der Waals surface area contributed by atoms with Crippen LogP contribution < -0.4 is 0 Å². The third kappa shape index (κ3) is 3.94. The maximum Gasteiger partial charge on any atom is 0.282 e. The van der Waals surface area contributed by atoms with E-state index in [-0.39, 0.29) is 5.60 Å². The fourth-order valence-electron chi connectivity index (χ4n) is 4.04. The van der Waals surface area contributed by atoms with Crippen molar-refractivity contribution in [3.8, 4) is 0 Å². The zero-order chi connectivity index (χ0) is 17.2. The summed E-state index contributed by atoms with van der Waals surface area (Å²) < 4.78 is 40.7. The van der Waals surface area contributed by atoms with E-state index < -0.39 is 10.2 Å². The first-order valence-electron chi connectivity index (χ1n) is 9.02. The number of ether oxygens (including phenoxy) is 2. The maximum absolute atomic E-state index is 13.1. The molecule has 7 nitrogen and oxygen atoms in total. The number of nitrogens with zero attached hydrogens (tertiary/aromatic N) is 3. The topological polar surface area (TPSA) is 62.3 Å². The Labute approximate surface area is 146 Å². The molecule has 3 rings (SSSR count). The van der Waals surface area contributed by atoms with Crippen LogP contribution in [0.5, 0.6) is 0 Å². The number of likely N-dealkylation sites (tertiary alicyclic amines) is 1. The lowest BCUT2D eigenvalue weighted by Crippen LogP contribution is -2.60. The summed E-state index contributed by atoms with van der Waals surface area (Å²) in [6, 6.07) is 0. The van der Waals surface area contributed by atoms with Gasteiger partial charge in [-0.2, -0.15) is 17.0 Å². The molecule has 0 saturated carbocycles. The van der Waals surface area contributed by atoms with Gasteiger partial charge in [-0.1, -0.05) is 0 Å². The Balaban J connectivity index is 1.62. The molecular formula is C16H31N3O4S. The van der Waals surface area contributed by atoms with Crippen LogP contribution in [-0.2, 0) is 19.7 Å². The summed E-state index contributed by atoms with van der Waals surface area (Å²) >= 11 is 0. The molecule has 0 aromatic heterocycles. The minimum atomic E-state index is -3.38. The van der Waals surface area contributed by atoms with Gasteiger partial charge in [-0.25, -0.2) is 0 Å². The normalized spacial score (nSPS) is 28.4. The Morgan fingerprint density at radius 2 is 1.75 bits per heavy atom. The monoisotopic (exact) mass is 361 g/mol.